The Balaban J connectivity index is 1.75. The van der Waals surface area contributed by atoms with E-state index in [0.717, 1.165) is 37.4 Å². The summed E-state index contributed by atoms with van der Waals surface area (Å²) < 4.78 is 10.8. The number of aliphatic hydroxyl groups is 1. The van der Waals surface area contributed by atoms with Crippen LogP contribution in [0.3, 0.4) is 0 Å². The molecule has 0 radical (unpaired) electrons. The Morgan fingerprint density at radius 3 is 2.24 bits per heavy atom. The van der Waals surface area contributed by atoms with Crippen molar-refractivity contribution in [3.05, 3.63) is 24.3 Å². The van der Waals surface area contributed by atoms with Crippen molar-refractivity contribution >= 4 is 0 Å². The molecule has 1 unspecified atom stereocenters. The molecule has 21 heavy (non-hydrogen) atoms. The van der Waals surface area contributed by atoms with E-state index in [9.17, 15) is 5.11 Å². The van der Waals surface area contributed by atoms with Crippen molar-refractivity contribution in [3.8, 4) is 11.5 Å². The molecule has 0 bridgehead atoms. The molecule has 0 saturated carbocycles. The van der Waals surface area contributed by atoms with Gasteiger partial charge in [-0.05, 0) is 70.0 Å². The average molecular weight is 293 g/mol. The monoisotopic (exact) mass is 293 g/mol. The van der Waals surface area contributed by atoms with Gasteiger partial charge in [0.1, 0.15) is 18.1 Å². The van der Waals surface area contributed by atoms with Gasteiger partial charge >= 0.3 is 0 Å². The van der Waals surface area contributed by atoms with Crippen LogP contribution in [-0.2, 0) is 0 Å². The number of hydrogen-bond acceptors (Lipinski definition) is 4. The second-order valence-electron chi connectivity index (χ2n) is 6.02. The summed E-state index contributed by atoms with van der Waals surface area (Å²) in [5, 5.41) is 10.3. The predicted molar refractivity (Wildman–Crippen MR) is 83.9 cm³/mol. The van der Waals surface area contributed by atoms with Crippen LogP contribution in [0.25, 0.3) is 0 Å². The first-order chi connectivity index (χ1) is 10.1. The highest BCUT2D eigenvalue weighted by molar-refractivity contribution is 5.31. The molecule has 1 fully saturated rings. The van der Waals surface area contributed by atoms with Crippen molar-refractivity contribution in [3.63, 3.8) is 0 Å². The van der Waals surface area contributed by atoms with E-state index >= 15 is 0 Å². The molecule has 1 atom stereocenters. The number of methoxy groups -OCH3 is 1. The van der Waals surface area contributed by atoms with Gasteiger partial charge in [-0.25, -0.2) is 0 Å². The molecule has 0 aliphatic carbocycles. The average Bonchev–Trinajstić information content (AvgIpc) is 2.53. The number of likely N-dealkylation sites (tertiary alicyclic amines) is 1. The number of piperidine rings is 1. The van der Waals surface area contributed by atoms with Crippen molar-refractivity contribution in [1.29, 1.82) is 0 Å². The zero-order valence-corrected chi connectivity index (χ0v) is 13.3. The Labute approximate surface area is 127 Å². The van der Waals surface area contributed by atoms with Gasteiger partial charge < -0.3 is 19.5 Å². The Hall–Kier alpha value is -1.26. The van der Waals surface area contributed by atoms with E-state index in [4.69, 9.17) is 9.47 Å². The fourth-order valence-electron chi connectivity index (χ4n) is 2.81. The minimum atomic E-state index is -0.388. The van der Waals surface area contributed by atoms with Crippen LogP contribution in [0.15, 0.2) is 24.3 Å². The molecular weight excluding hydrogens is 266 g/mol. The molecule has 4 nitrogen and oxygen atoms in total. The Kier molecular flexibility index (Phi) is 5.88. The minimum absolute atomic E-state index is 0.346. The van der Waals surface area contributed by atoms with Gasteiger partial charge in [-0.1, -0.05) is 0 Å². The summed E-state index contributed by atoms with van der Waals surface area (Å²) >= 11 is 0. The lowest BCUT2D eigenvalue weighted by Crippen LogP contribution is -2.42. The van der Waals surface area contributed by atoms with E-state index in [2.05, 4.69) is 18.7 Å². The molecule has 1 aromatic rings. The highest BCUT2D eigenvalue weighted by Crippen LogP contribution is 2.23. The van der Waals surface area contributed by atoms with E-state index in [1.54, 1.807) is 7.11 Å². The maximum Gasteiger partial charge on any atom is 0.119 e. The highest BCUT2D eigenvalue weighted by atomic mass is 16.5. The van der Waals surface area contributed by atoms with Gasteiger partial charge in [-0.2, -0.15) is 0 Å². The van der Waals surface area contributed by atoms with Gasteiger partial charge in [0.2, 0.25) is 0 Å². The van der Waals surface area contributed by atoms with Crippen LogP contribution in [0.5, 0.6) is 11.5 Å². The molecule has 1 aliphatic rings. The number of rotatable bonds is 6. The van der Waals surface area contributed by atoms with E-state index in [0.29, 0.717) is 18.6 Å². The molecule has 1 aliphatic heterocycles. The Morgan fingerprint density at radius 2 is 1.71 bits per heavy atom. The molecule has 1 saturated heterocycles. The van der Waals surface area contributed by atoms with Crippen molar-refractivity contribution < 1.29 is 14.6 Å². The standard InChI is InChI=1S/C17H27NO3/c1-13(2)18-10-8-14(9-11-18)17(19)12-21-16-6-4-15(20-3)5-7-16/h4-7,13-14,17,19H,8-12H2,1-3H3. The molecular formula is C17H27NO3. The smallest absolute Gasteiger partial charge is 0.119 e. The van der Waals surface area contributed by atoms with Crippen molar-refractivity contribution in [2.75, 3.05) is 26.8 Å². The fourth-order valence-corrected chi connectivity index (χ4v) is 2.81. The molecule has 4 heteroatoms. The number of aliphatic hydroxyl groups excluding tert-OH is 1. The lowest BCUT2D eigenvalue weighted by Gasteiger charge is -2.36. The van der Waals surface area contributed by atoms with Crippen LogP contribution >= 0.6 is 0 Å². The van der Waals surface area contributed by atoms with Gasteiger partial charge in [-0.15, -0.1) is 0 Å². The van der Waals surface area contributed by atoms with E-state index < -0.39 is 0 Å². The number of nitrogens with zero attached hydrogens (tertiary/aromatic N) is 1. The maximum absolute atomic E-state index is 10.3. The third-order valence-corrected chi connectivity index (χ3v) is 4.33. The summed E-state index contributed by atoms with van der Waals surface area (Å²) in [5.74, 6) is 1.93. The Morgan fingerprint density at radius 1 is 1.14 bits per heavy atom. The second kappa shape index (κ2) is 7.66. The molecule has 2 rings (SSSR count). The molecule has 1 N–H and O–H groups in total. The van der Waals surface area contributed by atoms with Crippen molar-refractivity contribution in [1.82, 2.24) is 4.90 Å². The quantitative estimate of drug-likeness (QED) is 0.875. The summed E-state index contributed by atoms with van der Waals surface area (Å²) in [6.07, 6.45) is 1.71. The summed E-state index contributed by atoms with van der Waals surface area (Å²) in [6.45, 7) is 6.95. The fraction of sp³-hybridized carbons (Fsp3) is 0.647. The minimum Gasteiger partial charge on any atom is -0.497 e. The molecule has 1 aromatic carbocycles. The summed E-state index contributed by atoms with van der Waals surface area (Å²) in [4.78, 5) is 2.47. The largest absolute Gasteiger partial charge is 0.497 e. The topological polar surface area (TPSA) is 41.9 Å². The van der Waals surface area contributed by atoms with Gasteiger partial charge in [0.15, 0.2) is 0 Å². The molecule has 1 heterocycles. The van der Waals surface area contributed by atoms with Crippen LogP contribution in [0.2, 0.25) is 0 Å². The first-order valence-electron chi connectivity index (χ1n) is 7.79. The zero-order chi connectivity index (χ0) is 15.2. The summed E-state index contributed by atoms with van der Waals surface area (Å²) in [7, 11) is 1.64. The third kappa shape index (κ3) is 4.61. The van der Waals surface area contributed by atoms with Crippen LogP contribution in [0.4, 0.5) is 0 Å². The summed E-state index contributed by atoms with van der Waals surface area (Å²) in [6, 6.07) is 8.06. The lowest BCUT2D eigenvalue weighted by atomic mass is 9.91. The lowest BCUT2D eigenvalue weighted by molar-refractivity contribution is 0.0204. The first kappa shape index (κ1) is 16.1. The third-order valence-electron chi connectivity index (χ3n) is 4.33. The molecule has 0 aromatic heterocycles. The molecule has 0 amide bonds. The number of hydrogen-bond donors (Lipinski definition) is 1. The normalized spacial score (nSPS) is 18.7. The van der Waals surface area contributed by atoms with Gasteiger partial charge in [0.05, 0.1) is 13.2 Å². The zero-order valence-electron chi connectivity index (χ0n) is 13.3. The van der Waals surface area contributed by atoms with Crippen molar-refractivity contribution in [2.45, 2.75) is 38.8 Å². The van der Waals surface area contributed by atoms with E-state index in [1.165, 1.54) is 0 Å². The number of ether oxygens (including phenoxy) is 2. The van der Waals surface area contributed by atoms with Crippen molar-refractivity contribution in [2.24, 2.45) is 5.92 Å². The SMILES string of the molecule is COc1ccc(OCC(O)C2CCN(C(C)C)CC2)cc1. The van der Waals surface area contributed by atoms with Crippen LogP contribution in [0, 0.1) is 5.92 Å². The van der Waals surface area contributed by atoms with Crippen LogP contribution in [0.1, 0.15) is 26.7 Å². The van der Waals surface area contributed by atoms with Gasteiger partial charge in [-0.3, -0.25) is 0 Å². The molecule has 118 valence electrons. The molecule has 0 spiro atoms. The van der Waals surface area contributed by atoms with E-state index in [1.807, 2.05) is 24.3 Å². The Bertz CT molecular complexity index is 411. The highest BCUT2D eigenvalue weighted by Gasteiger charge is 2.26. The van der Waals surface area contributed by atoms with Crippen LogP contribution in [-0.4, -0.2) is 49.0 Å². The second-order valence-corrected chi connectivity index (χ2v) is 6.02. The van der Waals surface area contributed by atoms with Gasteiger partial charge in [0, 0.05) is 6.04 Å². The summed E-state index contributed by atoms with van der Waals surface area (Å²) in [5.41, 5.74) is 0. The van der Waals surface area contributed by atoms with Gasteiger partial charge in [0.25, 0.3) is 0 Å². The first-order valence-corrected chi connectivity index (χ1v) is 7.79. The predicted octanol–water partition coefficient (Wildman–Crippen LogP) is 2.56. The van der Waals surface area contributed by atoms with Crippen LogP contribution < -0.4 is 9.47 Å². The van der Waals surface area contributed by atoms with E-state index in [-0.39, 0.29) is 6.10 Å². The maximum atomic E-state index is 10.3. The number of benzene rings is 1.